The van der Waals surface area contributed by atoms with Crippen LogP contribution in [0, 0.1) is 11.7 Å². The van der Waals surface area contributed by atoms with Crippen LogP contribution in [0.25, 0.3) is 0 Å². The van der Waals surface area contributed by atoms with Gasteiger partial charge in [0.1, 0.15) is 30.5 Å². The highest BCUT2D eigenvalue weighted by atomic mass is 28.4. The summed E-state index contributed by atoms with van der Waals surface area (Å²) < 4.78 is 39.3. The molecule has 5 aromatic carbocycles. The number of hydrogen-bond donors (Lipinski definition) is 1. The second kappa shape index (κ2) is 18.9. The minimum Gasteiger partial charge on any atom is -0.497 e. The summed E-state index contributed by atoms with van der Waals surface area (Å²) in [6.07, 6.45) is 0.0280. The molecule has 8 nitrogen and oxygen atoms in total. The fourth-order valence-electron chi connectivity index (χ4n) is 7.08. The van der Waals surface area contributed by atoms with Crippen LogP contribution in [0.4, 0.5) is 14.9 Å². The van der Waals surface area contributed by atoms with Crippen molar-refractivity contribution >= 4 is 26.0 Å². The maximum absolute atomic E-state index is 15.5. The maximum Gasteiger partial charge on any atom is 0.416 e. The van der Waals surface area contributed by atoms with Crippen LogP contribution in [0.15, 0.2) is 133 Å². The molecule has 1 aliphatic rings. The van der Waals surface area contributed by atoms with E-state index in [1.807, 2.05) is 109 Å². The first-order valence-corrected chi connectivity index (χ1v) is 22.9. The van der Waals surface area contributed by atoms with E-state index in [0.29, 0.717) is 30.8 Å². The molecule has 1 saturated heterocycles. The van der Waals surface area contributed by atoms with Gasteiger partial charge in [0.25, 0.3) is 0 Å². The molecule has 0 aromatic heterocycles. The molecule has 0 saturated carbocycles. The minimum atomic E-state index is -2.38. The molecule has 58 heavy (non-hydrogen) atoms. The lowest BCUT2D eigenvalue weighted by atomic mass is 9.85. The van der Waals surface area contributed by atoms with Gasteiger partial charge in [0.05, 0.1) is 31.2 Å². The summed E-state index contributed by atoms with van der Waals surface area (Å²) in [6, 6.07) is 40.2. The number of ether oxygens (including phenoxy) is 3. The van der Waals surface area contributed by atoms with Crippen molar-refractivity contribution in [3.63, 3.8) is 0 Å². The zero-order valence-corrected chi connectivity index (χ0v) is 35.3. The molecule has 0 spiro atoms. The zero-order valence-electron chi connectivity index (χ0n) is 34.3. The number of cyclic esters (lactones) is 1. The molecular weight excluding hydrogens is 748 g/mol. The number of imide groups is 1. The van der Waals surface area contributed by atoms with Crippen molar-refractivity contribution in [2.24, 2.45) is 5.92 Å². The summed E-state index contributed by atoms with van der Waals surface area (Å²) in [6.45, 7) is 11.3. The number of hydrogen-bond acceptors (Lipinski definition) is 7. The predicted octanol–water partition coefficient (Wildman–Crippen LogP) is 11.3. The van der Waals surface area contributed by atoms with Crippen LogP contribution in [0.2, 0.25) is 18.1 Å². The summed E-state index contributed by atoms with van der Waals surface area (Å²) >= 11 is 0. The van der Waals surface area contributed by atoms with Crippen LogP contribution in [0.1, 0.15) is 68.0 Å². The van der Waals surface area contributed by atoms with Crippen molar-refractivity contribution in [1.29, 1.82) is 0 Å². The second-order valence-electron chi connectivity index (χ2n) is 16.4. The highest BCUT2D eigenvalue weighted by molar-refractivity contribution is 6.74. The van der Waals surface area contributed by atoms with E-state index >= 15 is 4.79 Å². The third-order valence-corrected chi connectivity index (χ3v) is 15.8. The summed E-state index contributed by atoms with van der Waals surface area (Å²) in [5.41, 5.74) is 4.29. The molecule has 0 radical (unpaired) electrons. The average molecular weight is 803 g/mol. The molecule has 10 heteroatoms. The van der Waals surface area contributed by atoms with Crippen molar-refractivity contribution in [2.45, 2.75) is 83.0 Å². The van der Waals surface area contributed by atoms with Crippen LogP contribution >= 0.6 is 0 Å². The number of carbonyl (C=O) groups is 2. The standard InChI is InChI=1S/C48H55FN2O6Si/c1-48(2,3)58(5,6)57-43(36-22-24-37(49)25-23-36)29-28-42(46(52)51-39(33-56-47(51)53)30-34-16-10-7-11-17-34)45(50-38-20-14-9-15-21-38)41-27-26-40(54-4)31-44(41)55-32-35-18-12-8-13-19-35/h7-27,31,39,42-43,45,50H,28-30,32-33H2,1-6H3/t39-,42+,43-,45+/m0/s1. The van der Waals surface area contributed by atoms with Gasteiger partial charge >= 0.3 is 6.09 Å². The molecule has 1 N–H and O–H groups in total. The number of rotatable bonds is 17. The van der Waals surface area contributed by atoms with E-state index in [1.165, 1.54) is 17.0 Å². The normalized spacial score (nSPS) is 15.9. The fraction of sp³-hybridized carbons (Fsp3) is 0.333. The van der Waals surface area contributed by atoms with Crippen LogP contribution in [0.5, 0.6) is 11.5 Å². The lowest BCUT2D eigenvalue weighted by Gasteiger charge is -2.40. The van der Waals surface area contributed by atoms with Gasteiger partial charge in [0.15, 0.2) is 8.32 Å². The Labute approximate surface area is 343 Å². The largest absolute Gasteiger partial charge is 0.497 e. The Kier molecular flexibility index (Phi) is 13.7. The number of carbonyl (C=O) groups excluding carboxylic acids is 2. The molecule has 5 aromatic rings. The molecule has 4 atom stereocenters. The fourth-order valence-corrected chi connectivity index (χ4v) is 8.40. The van der Waals surface area contributed by atoms with Gasteiger partial charge in [-0.05, 0) is 90.5 Å². The third-order valence-electron chi connectivity index (χ3n) is 11.3. The SMILES string of the molecule is COc1ccc([C@@H](Nc2ccccc2)[C@@H](CC[C@H](O[Si](C)(C)C(C)(C)C)c2ccc(F)cc2)C(=O)N2C(=O)OC[C@@H]2Cc2ccccc2)c(OCc2ccccc2)c1. The number of amides is 2. The Morgan fingerprint density at radius 1 is 0.862 bits per heavy atom. The summed E-state index contributed by atoms with van der Waals surface area (Å²) in [5, 5.41) is 3.58. The first-order valence-electron chi connectivity index (χ1n) is 20.0. The Balaban J connectivity index is 1.46. The van der Waals surface area contributed by atoms with Crippen molar-refractivity contribution in [2.75, 3.05) is 19.0 Å². The van der Waals surface area contributed by atoms with Crippen LogP contribution in [-0.2, 0) is 27.0 Å². The van der Waals surface area contributed by atoms with Crippen molar-refractivity contribution < 1.29 is 32.6 Å². The molecule has 1 heterocycles. The number of halogens is 1. The third kappa shape index (κ3) is 10.5. The summed E-state index contributed by atoms with van der Waals surface area (Å²) in [4.78, 5) is 30.5. The molecule has 304 valence electrons. The van der Waals surface area contributed by atoms with E-state index in [1.54, 1.807) is 19.2 Å². The molecular formula is C48H55FN2O6Si. The highest BCUT2D eigenvalue weighted by Crippen LogP contribution is 2.44. The van der Waals surface area contributed by atoms with Crippen molar-refractivity contribution in [3.8, 4) is 11.5 Å². The Morgan fingerprint density at radius 2 is 1.48 bits per heavy atom. The molecule has 6 rings (SSSR count). The highest BCUT2D eigenvalue weighted by Gasteiger charge is 2.45. The van der Waals surface area contributed by atoms with E-state index in [2.05, 4.69) is 39.2 Å². The van der Waals surface area contributed by atoms with Gasteiger partial charge < -0.3 is 24.0 Å². The average Bonchev–Trinajstić information content (AvgIpc) is 3.58. The van der Waals surface area contributed by atoms with Crippen LogP contribution in [-0.4, -0.2) is 45.0 Å². The number of methoxy groups -OCH3 is 1. The van der Waals surface area contributed by atoms with Crippen molar-refractivity contribution in [3.05, 3.63) is 162 Å². The molecule has 1 fully saturated rings. The van der Waals surface area contributed by atoms with Crippen LogP contribution < -0.4 is 14.8 Å². The van der Waals surface area contributed by atoms with Crippen molar-refractivity contribution in [1.82, 2.24) is 4.90 Å². The van der Waals surface area contributed by atoms with E-state index in [4.69, 9.17) is 18.6 Å². The predicted molar refractivity (Wildman–Crippen MR) is 229 cm³/mol. The molecule has 1 aliphatic heterocycles. The minimum absolute atomic E-state index is 0.0869. The molecule has 2 amide bonds. The van der Waals surface area contributed by atoms with Crippen LogP contribution in [0.3, 0.4) is 0 Å². The van der Waals surface area contributed by atoms with Gasteiger partial charge in [-0.25, -0.2) is 14.1 Å². The van der Waals surface area contributed by atoms with E-state index in [0.717, 1.165) is 27.9 Å². The first kappa shape index (κ1) is 42.2. The van der Waals surface area contributed by atoms with Gasteiger partial charge in [0, 0.05) is 17.3 Å². The zero-order chi connectivity index (χ0) is 41.3. The van der Waals surface area contributed by atoms with E-state index in [9.17, 15) is 9.18 Å². The molecule has 0 bridgehead atoms. The van der Waals surface area contributed by atoms with Gasteiger partial charge in [-0.3, -0.25) is 4.79 Å². The molecule has 0 unspecified atom stereocenters. The van der Waals surface area contributed by atoms with Gasteiger partial charge in [0.2, 0.25) is 5.91 Å². The Morgan fingerprint density at radius 3 is 2.10 bits per heavy atom. The first-order chi connectivity index (χ1) is 27.8. The summed E-state index contributed by atoms with van der Waals surface area (Å²) in [7, 11) is -0.779. The van der Waals surface area contributed by atoms with E-state index in [-0.39, 0.29) is 30.0 Å². The number of para-hydroxylation sites is 1. The van der Waals surface area contributed by atoms with Gasteiger partial charge in [-0.2, -0.15) is 0 Å². The smallest absolute Gasteiger partial charge is 0.416 e. The summed E-state index contributed by atoms with van der Waals surface area (Å²) in [5.74, 6) is -0.408. The molecule has 0 aliphatic carbocycles. The van der Waals surface area contributed by atoms with E-state index < -0.39 is 38.5 Å². The number of anilines is 1. The second-order valence-corrected chi connectivity index (χ2v) is 21.2. The number of benzene rings is 5. The Bertz CT molecular complexity index is 2090. The maximum atomic E-state index is 15.5. The van der Waals surface area contributed by atoms with Gasteiger partial charge in [-0.15, -0.1) is 0 Å². The monoisotopic (exact) mass is 802 g/mol. The topological polar surface area (TPSA) is 86.3 Å². The van der Waals surface area contributed by atoms with Gasteiger partial charge in [-0.1, -0.05) is 112 Å². The lowest BCUT2D eigenvalue weighted by Crippen LogP contribution is -2.46. The Hall–Kier alpha value is -5.45. The lowest BCUT2D eigenvalue weighted by molar-refractivity contribution is -0.134. The number of nitrogens with zero attached hydrogens (tertiary/aromatic N) is 1. The number of nitrogens with one attached hydrogen (secondary N) is 1. The quantitative estimate of drug-likeness (QED) is 0.0937.